The van der Waals surface area contributed by atoms with Crippen molar-refractivity contribution in [2.24, 2.45) is 17.6 Å². The molecule has 2 amide bonds. The molecule has 3 N–H and O–H groups in total. The second kappa shape index (κ2) is 8.37. The molecule has 0 saturated heterocycles. The third kappa shape index (κ3) is 5.65. The van der Waals surface area contributed by atoms with Crippen LogP contribution in [0.25, 0.3) is 0 Å². The summed E-state index contributed by atoms with van der Waals surface area (Å²) in [7, 11) is 0. The molecule has 0 aliphatic heterocycles. The Bertz CT molecular complexity index is 357. The summed E-state index contributed by atoms with van der Waals surface area (Å²) in [6.45, 7) is 7.87. The fourth-order valence-corrected chi connectivity index (χ4v) is 2.89. The van der Waals surface area contributed by atoms with Crippen molar-refractivity contribution >= 4 is 11.8 Å². The first-order valence-electron chi connectivity index (χ1n) is 8.10. The minimum Gasteiger partial charge on any atom is -0.368 e. The van der Waals surface area contributed by atoms with E-state index in [1.54, 1.807) is 0 Å². The number of nitrogens with two attached hydrogens (primary N) is 1. The zero-order chi connectivity index (χ0) is 16.0. The van der Waals surface area contributed by atoms with E-state index < -0.39 is 18.1 Å². The zero-order valence-electron chi connectivity index (χ0n) is 13.7. The van der Waals surface area contributed by atoms with Gasteiger partial charge in [0.2, 0.25) is 11.8 Å². The molecule has 0 bridgehead atoms. The Balaban J connectivity index is 2.57. The van der Waals surface area contributed by atoms with Gasteiger partial charge in [-0.25, -0.2) is 0 Å². The summed E-state index contributed by atoms with van der Waals surface area (Å²) in [5, 5.41) is 2.73. The number of primary amides is 1. The van der Waals surface area contributed by atoms with Crippen LogP contribution in [0.5, 0.6) is 0 Å². The van der Waals surface area contributed by atoms with Crippen LogP contribution in [0.3, 0.4) is 0 Å². The first kappa shape index (κ1) is 18.0. The summed E-state index contributed by atoms with van der Waals surface area (Å²) < 4.78 is 5.97. The molecule has 1 aliphatic rings. The smallest absolute Gasteiger partial charge is 0.249 e. The van der Waals surface area contributed by atoms with Crippen LogP contribution in [0, 0.1) is 11.8 Å². The number of hydrogen-bond acceptors (Lipinski definition) is 3. The van der Waals surface area contributed by atoms with Gasteiger partial charge in [-0.2, -0.15) is 0 Å². The molecule has 5 heteroatoms. The summed E-state index contributed by atoms with van der Waals surface area (Å²) in [5.41, 5.74) is 5.34. The van der Waals surface area contributed by atoms with E-state index in [-0.39, 0.29) is 17.9 Å². The van der Waals surface area contributed by atoms with Crippen molar-refractivity contribution in [2.45, 2.75) is 78.0 Å². The normalized spacial score (nSPS) is 25.4. The van der Waals surface area contributed by atoms with E-state index in [1.165, 1.54) is 6.42 Å². The second-order valence-corrected chi connectivity index (χ2v) is 6.56. The molecular formula is C16H30N2O3. The molecule has 0 aromatic heterocycles. The maximum atomic E-state index is 12.3. The molecule has 122 valence electrons. The highest BCUT2D eigenvalue weighted by Gasteiger charge is 2.29. The van der Waals surface area contributed by atoms with E-state index in [2.05, 4.69) is 12.2 Å². The van der Waals surface area contributed by atoms with E-state index in [0.717, 1.165) is 19.3 Å². The van der Waals surface area contributed by atoms with Crippen LogP contribution in [0.4, 0.5) is 0 Å². The molecule has 1 rings (SSSR count). The Morgan fingerprint density at radius 2 is 2.00 bits per heavy atom. The van der Waals surface area contributed by atoms with Gasteiger partial charge in [-0.15, -0.1) is 0 Å². The van der Waals surface area contributed by atoms with E-state index in [9.17, 15) is 9.59 Å². The molecule has 1 saturated carbocycles. The van der Waals surface area contributed by atoms with E-state index in [1.807, 2.05) is 20.8 Å². The lowest BCUT2D eigenvalue weighted by Crippen LogP contribution is -2.51. The minimum absolute atomic E-state index is 0.0290. The first-order valence-corrected chi connectivity index (χ1v) is 8.10. The van der Waals surface area contributed by atoms with Crippen LogP contribution in [-0.2, 0) is 14.3 Å². The molecule has 21 heavy (non-hydrogen) atoms. The van der Waals surface area contributed by atoms with Crippen molar-refractivity contribution in [1.29, 1.82) is 0 Å². The van der Waals surface area contributed by atoms with Crippen LogP contribution < -0.4 is 11.1 Å². The Morgan fingerprint density at radius 1 is 1.33 bits per heavy atom. The van der Waals surface area contributed by atoms with Gasteiger partial charge in [0, 0.05) is 0 Å². The van der Waals surface area contributed by atoms with Gasteiger partial charge in [-0.05, 0) is 31.1 Å². The molecule has 0 spiro atoms. The van der Waals surface area contributed by atoms with E-state index in [4.69, 9.17) is 10.5 Å². The number of hydrogen-bond donors (Lipinski definition) is 2. The Labute approximate surface area is 128 Å². The van der Waals surface area contributed by atoms with E-state index in [0.29, 0.717) is 12.3 Å². The fourth-order valence-electron chi connectivity index (χ4n) is 2.89. The number of carbonyl (C=O) groups excluding carboxylic acids is 2. The molecule has 1 fully saturated rings. The van der Waals surface area contributed by atoms with Gasteiger partial charge in [0.05, 0.1) is 6.10 Å². The van der Waals surface area contributed by atoms with Crippen LogP contribution in [-0.4, -0.2) is 30.1 Å². The quantitative estimate of drug-likeness (QED) is 0.754. The average Bonchev–Trinajstić information content (AvgIpc) is 2.41. The summed E-state index contributed by atoms with van der Waals surface area (Å²) in [6, 6.07) is -0.638. The van der Waals surface area contributed by atoms with Gasteiger partial charge in [0.15, 0.2) is 0 Å². The lowest BCUT2D eigenvalue weighted by molar-refractivity contribution is -0.142. The van der Waals surface area contributed by atoms with Gasteiger partial charge < -0.3 is 15.8 Å². The molecule has 0 unspecified atom stereocenters. The standard InChI is InChI=1S/C16H30N2O3/c1-5-13(21-12-8-6-7-11(4)9-12)16(20)18-14(10(2)3)15(17)19/h10-14H,5-9H2,1-4H3,(H2,17,19)(H,18,20)/t11-,12-,13+,14-/m1/s1. The second-order valence-electron chi connectivity index (χ2n) is 6.56. The Kier molecular flexibility index (Phi) is 7.15. The molecule has 0 aromatic carbocycles. The SMILES string of the molecule is CC[C@H](O[C@@H]1CCC[C@@H](C)C1)C(=O)N[C@@H](C(N)=O)C(C)C. The highest BCUT2D eigenvalue weighted by Crippen LogP contribution is 2.27. The highest BCUT2D eigenvalue weighted by molar-refractivity contribution is 5.88. The average molecular weight is 298 g/mol. The summed E-state index contributed by atoms with van der Waals surface area (Å²) in [5.74, 6) is -0.107. The molecule has 0 aromatic rings. The predicted molar refractivity (Wildman–Crippen MR) is 82.5 cm³/mol. The van der Waals surface area contributed by atoms with E-state index >= 15 is 0 Å². The van der Waals surface area contributed by atoms with Crippen molar-refractivity contribution in [3.63, 3.8) is 0 Å². The number of carbonyl (C=O) groups is 2. The number of ether oxygens (including phenoxy) is 1. The summed E-state index contributed by atoms with van der Waals surface area (Å²) in [6.07, 6.45) is 4.65. The van der Waals surface area contributed by atoms with Gasteiger partial charge in [0.25, 0.3) is 0 Å². The molecule has 0 radical (unpaired) electrons. The topological polar surface area (TPSA) is 81.4 Å². The van der Waals surface area contributed by atoms with Crippen LogP contribution in [0.1, 0.15) is 59.8 Å². The first-order chi connectivity index (χ1) is 9.85. The third-order valence-corrected chi connectivity index (χ3v) is 4.18. The van der Waals surface area contributed by atoms with Crippen molar-refractivity contribution < 1.29 is 14.3 Å². The predicted octanol–water partition coefficient (Wildman–Crippen LogP) is 1.99. The molecule has 1 aliphatic carbocycles. The highest BCUT2D eigenvalue weighted by atomic mass is 16.5. The Morgan fingerprint density at radius 3 is 2.48 bits per heavy atom. The monoisotopic (exact) mass is 298 g/mol. The Hall–Kier alpha value is -1.10. The summed E-state index contributed by atoms with van der Waals surface area (Å²) in [4.78, 5) is 23.7. The number of rotatable bonds is 7. The lowest BCUT2D eigenvalue weighted by Gasteiger charge is -2.30. The molecule has 4 atom stereocenters. The van der Waals surface area contributed by atoms with Gasteiger partial charge in [0.1, 0.15) is 12.1 Å². The van der Waals surface area contributed by atoms with Crippen LogP contribution in [0.15, 0.2) is 0 Å². The van der Waals surface area contributed by atoms with Crippen molar-refractivity contribution in [3.8, 4) is 0 Å². The van der Waals surface area contributed by atoms with Gasteiger partial charge in [-0.3, -0.25) is 9.59 Å². The largest absolute Gasteiger partial charge is 0.368 e. The number of nitrogens with one attached hydrogen (secondary N) is 1. The van der Waals surface area contributed by atoms with Crippen molar-refractivity contribution in [1.82, 2.24) is 5.32 Å². The maximum absolute atomic E-state index is 12.3. The molecule has 5 nitrogen and oxygen atoms in total. The fraction of sp³-hybridized carbons (Fsp3) is 0.875. The van der Waals surface area contributed by atoms with Crippen molar-refractivity contribution in [2.75, 3.05) is 0 Å². The zero-order valence-corrected chi connectivity index (χ0v) is 13.7. The summed E-state index contributed by atoms with van der Waals surface area (Å²) >= 11 is 0. The van der Waals surface area contributed by atoms with Crippen LogP contribution in [0.2, 0.25) is 0 Å². The molecular weight excluding hydrogens is 268 g/mol. The molecule has 0 heterocycles. The maximum Gasteiger partial charge on any atom is 0.249 e. The van der Waals surface area contributed by atoms with Gasteiger partial charge in [-0.1, -0.05) is 40.5 Å². The number of amides is 2. The van der Waals surface area contributed by atoms with Gasteiger partial charge >= 0.3 is 0 Å². The lowest BCUT2D eigenvalue weighted by atomic mass is 9.88. The minimum atomic E-state index is -0.638. The van der Waals surface area contributed by atoms with Crippen LogP contribution >= 0.6 is 0 Å². The third-order valence-electron chi connectivity index (χ3n) is 4.18. The van der Waals surface area contributed by atoms with Crippen molar-refractivity contribution in [3.05, 3.63) is 0 Å².